The van der Waals surface area contributed by atoms with Crippen LogP contribution in [-0.2, 0) is 11.3 Å². The van der Waals surface area contributed by atoms with Crippen LogP contribution >= 0.6 is 0 Å². The van der Waals surface area contributed by atoms with E-state index in [1.807, 2.05) is 0 Å². The van der Waals surface area contributed by atoms with Gasteiger partial charge in [0.25, 0.3) is 0 Å². The maximum atomic E-state index is 12.7. The SMILES string of the molecule is O=C(NCC1CCCCN1Cc1ccccc1)C1CCC2NNNC2C1. The van der Waals surface area contributed by atoms with Crippen molar-refractivity contribution in [1.82, 2.24) is 26.6 Å². The summed E-state index contributed by atoms with van der Waals surface area (Å²) in [5.41, 5.74) is 10.8. The van der Waals surface area contributed by atoms with Gasteiger partial charge in [0.1, 0.15) is 0 Å². The summed E-state index contributed by atoms with van der Waals surface area (Å²) in [4.78, 5) is 15.2. The highest BCUT2D eigenvalue weighted by atomic mass is 16.1. The molecule has 142 valence electrons. The number of benzene rings is 1. The van der Waals surface area contributed by atoms with Crippen LogP contribution in [0, 0.1) is 5.92 Å². The van der Waals surface area contributed by atoms with Gasteiger partial charge in [0.15, 0.2) is 0 Å². The van der Waals surface area contributed by atoms with Gasteiger partial charge in [-0.15, -0.1) is 0 Å². The van der Waals surface area contributed by atoms with Crippen molar-refractivity contribution in [3.05, 3.63) is 35.9 Å². The van der Waals surface area contributed by atoms with Crippen LogP contribution in [-0.4, -0.2) is 42.0 Å². The topological polar surface area (TPSA) is 68.4 Å². The molecule has 0 aromatic heterocycles. The molecule has 4 N–H and O–H groups in total. The molecule has 1 amide bonds. The molecule has 3 fully saturated rings. The number of fused-ring (bicyclic) bond motifs is 1. The molecule has 3 aliphatic rings. The van der Waals surface area contributed by atoms with Crippen molar-refractivity contribution in [2.75, 3.05) is 13.1 Å². The number of piperidine rings is 1. The second-order valence-corrected chi connectivity index (χ2v) is 7.99. The fraction of sp³-hybridized carbons (Fsp3) is 0.650. The first-order chi connectivity index (χ1) is 12.8. The van der Waals surface area contributed by atoms with Crippen LogP contribution < -0.4 is 21.7 Å². The van der Waals surface area contributed by atoms with Crippen LogP contribution in [0.5, 0.6) is 0 Å². The lowest BCUT2D eigenvalue weighted by atomic mass is 9.82. The van der Waals surface area contributed by atoms with Crippen LogP contribution in [0.15, 0.2) is 30.3 Å². The Morgan fingerprint density at radius 2 is 1.92 bits per heavy atom. The predicted molar refractivity (Wildman–Crippen MR) is 102 cm³/mol. The van der Waals surface area contributed by atoms with E-state index < -0.39 is 0 Å². The molecule has 0 spiro atoms. The maximum absolute atomic E-state index is 12.7. The van der Waals surface area contributed by atoms with Gasteiger partial charge in [-0.25, -0.2) is 10.9 Å². The van der Waals surface area contributed by atoms with E-state index in [0.29, 0.717) is 18.1 Å². The zero-order valence-corrected chi connectivity index (χ0v) is 15.4. The van der Waals surface area contributed by atoms with E-state index in [2.05, 4.69) is 56.9 Å². The van der Waals surface area contributed by atoms with E-state index in [9.17, 15) is 4.79 Å². The van der Waals surface area contributed by atoms with Crippen molar-refractivity contribution in [1.29, 1.82) is 0 Å². The standard InChI is InChI=1S/C20H31N5O/c26-20(16-9-10-18-19(12-16)23-24-22-18)21-13-17-8-4-5-11-25(17)14-15-6-2-1-3-7-15/h1-3,6-7,16-19,22-24H,4-5,8-14H2,(H,21,26). The lowest BCUT2D eigenvalue weighted by Gasteiger charge is -2.36. The predicted octanol–water partition coefficient (Wildman–Crippen LogP) is 1.31. The summed E-state index contributed by atoms with van der Waals surface area (Å²) in [6.07, 6.45) is 6.63. The Morgan fingerprint density at radius 1 is 1.08 bits per heavy atom. The Labute approximate surface area is 156 Å². The van der Waals surface area contributed by atoms with E-state index in [0.717, 1.165) is 38.9 Å². The van der Waals surface area contributed by atoms with E-state index >= 15 is 0 Å². The number of nitrogens with one attached hydrogen (secondary N) is 4. The highest BCUT2D eigenvalue weighted by molar-refractivity contribution is 5.78. The quantitative estimate of drug-likeness (QED) is 0.640. The van der Waals surface area contributed by atoms with Gasteiger partial charge in [0, 0.05) is 37.1 Å². The van der Waals surface area contributed by atoms with Crippen molar-refractivity contribution in [3.63, 3.8) is 0 Å². The number of carbonyl (C=O) groups is 1. The van der Waals surface area contributed by atoms with Crippen molar-refractivity contribution in [2.24, 2.45) is 5.92 Å². The van der Waals surface area contributed by atoms with Crippen LogP contribution in [0.1, 0.15) is 44.1 Å². The first-order valence-electron chi connectivity index (χ1n) is 10.1. The van der Waals surface area contributed by atoms with Gasteiger partial charge in [0.2, 0.25) is 5.91 Å². The molecule has 1 aliphatic carbocycles. The molecule has 26 heavy (non-hydrogen) atoms. The number of hydrogen-bond acceptors (Lipinski definition) is 5. The smallest absolute Gasteiger partial charge is 0.223 e. The number of nitrogens with zero attached hydrogens (tertiary/aromatic N) is 1. The molecule has 4 unspecified atom stereocenters. The molecule has 4 atom stereocenters. The van der Waals surface area contributed by atoms with Gasteiger partial charge in [-0.1, -0.05) is 36.8 Å². The second-order valence-electron chi connectivity index (χ2n) is 7.99. The molecule has 2 heterocycles. The van der Waals surface area contributed by atoms with Gasteiger partial charge in [-0.3, -0.25) is 9.69 Å². The minimum Gasteiger partial charge on any atom is -0.354 e. The third-order valence-corrected chi connectivity index (χ3v) is 6.23. The first-order valence-corrected chi connectivity index (χ1v) is 10.1. The average molecular weight is 358 g/mol. The molecule has 1 aromatic rings. The molecule has 0 bridgehead atoms. The summed E-state index contributed by atoms with van der Waals surface area (Å²) < 4.78 is 0. The minimum atomic E-state index is 0.136. The fourth-order valence-electron chi connectivity index (χ4n) is 4.65. The van der Waals surface area contributed by atoms with Crippen molar-refractivity contribution in [2.45, 2.75) is 63.2 Å². The molecule has 0 radical (unpaired) electrons. The number of hydrogen-bond donors (Lipinski definition) is 4. The third kappa shape index (κ3) is 4.26. The summed E-state index contributed by atoms with van der Waals surface area (Å²) in [6.45, 7) is 2.89. The van der Waals surface area contributed by atoms with E-state index in [1.165, 1.54) is 24.8 Å². The highest BCUT2D eigenvalue weighted by Gasteiger charge is 2.36. The van der Waals surface area contributed by atoms with Crippen LogP contribution in [0.25, 0.3) is 0 Å². The van der Waals surface area contributed by atoms with Gasteiger partial charge < -0.3 is 5.32 Å². The van der Waals surface area contributed by atoms with Crippen LogP contribution in [0.2, 0.25) is 0 Å². The fourth-order valence-corrected chi connectivity index (χ4v) is 4.65. The normalized spacial score (nSPS) is 32.2. The summed E-state index contributed by atoms with van der Waals surface area (Å²) in [5.74, 6) is 0.374. The molecule has 1 saturated carbocycles. The van der Waals surface area contributed by atoms with Crippen LogP contribution in [0.3, 0.4) is 0 Å². The molecule has 4 rings (SSSR count). The lowest BCUT2D eigenvalue weighted by molar-refractivity contribution is -0.126. The van der Waals surface area contributed by atoms with Crippen molar-refractivity contribution < 1.29 is 4.79 Å². The lowest BCUT2D eigenvalue weighted by Crippen LogP contribution is -2.49. The first kappa shape index (κ1) is 17.9. The number of likely N-dealkylation sites (tertiary alicyclic amines) is 1. The Morgan fingerprint density at radius 3 is 2.81 bits per heavy atom. The molecular formula is C20H31N5O. The van der Waals surface area contributed by atoms with E-state index in [1.54, 1.807) is 0 Å². The van der Waals surface area contributed by atoms with E-state index in [4.69, 9.17) is 0 Å². The third-order valence-electron chi connectivity index (χ3n) is 6.23. The molecule has 6 nitrogen and oxygen atoms in total. The zero-order valence-electron chi connectivity index (χ0n) is 15.4. The van der Waals surface area contributed by atoms with Gasteiger partial charge in [-0.2, -0.15) is 5.53 Å². The number of amides is 1. The Kier molecular flexibility index (Phi) is 5.84. The highest BCUT2D eigenvalue weighted by Crippen LogP contribution is 2.26. The minimum absolute atomic E-state index is 0.136. The Hall–Kier alpha value is -1.47. The van der Waals surface area contributed by atoms with Gasteiger partial charge in [-0.05, 0) is 44.2 Å². The Bertz CT molecular complexity index is 595. The monoisotopic (exact) mass is 357 g/mol. The van der Waals surface area contributed by atoms with Crippen LogP contribution in [0.4, 0.5) is 0 Å². The van der Waals surface area contributed by atoms with E-state index in [-0.39, 0.29) is 11.8 Å². The number of carbonyl (C=O) groups excluding carboxylic acids is 1. The van der Waals surface area contributed by atoms with Gasteiger partial charge in [0.05, 0.1) is 0 Å². The Balaban J connectivity index is 1.28. The molecule has 1 aromatic carbocycles. The zero-order chi connectivity index (χ0) is 17.8. The second kappa shape index (κ2) is 8.48. The largest absolute Gasteiger partial charge is 0.354 e. The molecule has 2 saturated heterocycles. The van der Waals surface area contributed by atoms with Gasteiger partial charge >= 0.3 is 0 Å². The summed E-state index contributed by atoms with van der Waals surface area (Å²) in [5, 5.41) is 3.27. The summed E-state index contributed by atoms with van der Waals surface area (Å²) >= 11 is 0. The molecular weight excluding hydrogens is 326 g/mol. The van der Waals surface area contributed by atoms with Crippen molar-refractivity contribution in [3.8, 4) is 0 Å². The molecule has 6 heteroatoms. The number of rotatable bonds is 5. The average Bonchev–Trinajstić information content (AvgIpc) is 3.16. The van der Waals surface area contributed by atoms with Crippen molar-refractivity contribution >= 4 is 5.91 Å². The summed E-state index contributed by atoms with van der Waals surface area (Å²) in [7, 11) is 0. The molecule has 2 aliphatic heterocycles. The summed E-state index contributed by atoms with van der Waals surface area (Å²) in [6, 6.07) is 11.9. The maximum Gasteiger partial charge on any atom is 0.223 e. The number of hydrazine groups is 2.